The van der Waals surface area contributed by atoms with E-state index in [1.807, 2.05) is 33.9 Å². The molecule has 1 heterocycles. The summed E-state index contributed by atoms with van der Waals surface area (Å²) in [7, 11) is 1.99. The van der Waals surface area contributed by atoms with Crippen LogP contribution in [0.25, 0.3) is 0 Å². The fraction of sp³-hybridized carbons (Fsp3) is 0.611. The molecule has 1 aliphatic heterocycles. The van der Waals surface area contributed by atoms with Crippen molar-refractivity contribution in [2.24, 2.45) is 5.92 Å². The van der Waals surface area contributed by atoms with Crippen molar-refractivity contribution in [3.05, 3.63) is 27.6 Å². The van der Waals surface area contributed by atoms with E-state index in [0.717, 1.165) is 28.6 Å². The molecule has 0 aromatic heterocycles. The molecule has 1 amide bonds. The summed E-state index contributed by atoms with van der Waals surface area (Å²) in [5, 5.41) is 0. The molecule has 24 heavy (non-hydrogen) atoms. The average molecular weight is 448 g/mol. The number of benzene rings is 1. The van der Waals surface area contributed by atoms with E-state index in [9.17, 15) is 9.18 Å². The lowest BCUT2D eigenvalue weighted by Crippen LogP contribution is -2.43. The first-order chi connectivity index (χ1) is 11.1. The van der Waals surface area contributed by atoms with Gasteiger partial charge in [-0.05, 0) is 80.3 Å². The van der Waals surface area contributed by atoms with Crippen LogP contribution in [0.2, 0.25) is 0 Å². The molecule has 0 aliphatic carbocycles. The summed E-state index contributed by atoms with van der Waals surface area (Å²) in [5.41, 5.74) is 0.442. The lowest BCUT2D eigenvalue weighted by molar-refractivity contribution is 0.0186. The molecule has 0 radical (unpaired) electrons. The number of nitrogens with zero attached hydrogens (tertiary/aromatic N) is 2. The number of piperidine rings is 1. The smallest absolute Gasteiger partial charge is 0.410 e. The maximum absolute atomic E-state index is 13.6. The van der Waals surface area contributed by atoms with E-state index in [1.165, 1.54) is 6.07 Å². The first-order valence-electron chi connectivity index (χ1n) is 8.29. The van der Waals surface area contributed by atoms with Gasteiger partial charge in [-0.2, -0.15) is 0 Å². The zero-order valence-electron chi connectivity index (χ0n) is 14.8. The van der Waals surface area contributed by atoms with Gasteiger partial charge >= 0.3 is 6.09 Å². The van der Waals surface area contributed by atoms with Gasteiger partial charge in [0.2, 0.25) is 0 Å². The molecular formula is C18H26FIN2O2. The highest BCUT2D eigenvalue weighted by molar-refractivity contribution is 14.1. The second-order valence-corrected chi connectivity index (χ2v) is 8.66. The first-order valence-corrected chi connectivity index (χ1v) is 9.37. The number of rotatable bonds is 3. The molecule has 1 aromatic rings. The molecule has 0 atom stereocenters. The van der Waals surface area contributed by atoms with E-state index < -0.39 is 5.60 Å². The molecule has 134 valence electrons. The topological polar surface area (TPSA) is 32.8 Å². The van der Waals surface area contributed by atoms with Crippen molar-refractivity contribution in [3.63, 3.8) is 0 Å². The van der Waals surface area contributed by atoms with Gasteiger partial charge in [0.25, 0.3) is 0 Å². The third-order valence-corrected chi connectivity index (χ3v) is 4.71. The van der Waals surface area contributed by atoms with Crippen LogP contribution in [0.4, 0.5) is 14.9 Å². The summed E-state index contributed by atoms with van der Waals surface area (Å²) < 4.78 is 19.9. The Morgan fingerprint density at radius 2 is 1.96 bits per heavy atom. The highest BCUT2D eigenvalue weighted by atomic mass is 127. The Morgan fingerprint density at radius 1 is 1.33 bits per heavy atom. The fourth-order valence-electron chi connectivity index (χ4n) is 2.88. The van der Waals surface area contributed by atoms with Crippen LogP contribution < -0.4 is 4.90 Å². The molecule has 0 spiro atoms. The first kappa shape index (κ1) is 19.3. The van der Waals surface area contributed by atoms with E-state index in [1.54, 1.807) is 11.0 Å². The molecule has 1 aliphatic rings. The quantitative estimate of drug-likeness (QED) is 0.638. The molecule has 2 rings (SSSR count). The van der Waals surface area contributed by atoms with E-state index in [-0.39, 0.29) is 11.9 Å². The second kappa shape index (κ2) is 7.89. The monoisotopic (exact) mass is 448 g/mol. The molecule has 4 nitrogen and oxygen atoms in total. The SMILES string of the molecule is CN(CC1CCN(C(=O)OC(C)(C)C)CC1)c1cc(F)cc(I)c1. The number of hydrogen-bond acceptors (Lipinski definition) is 3. The van der Waals surface area contributed by atoms with Crippen LogP contribution in [0.1, 0.15) is 33.6 Å². The van der Waals surface area contributed by atoms with Gasteiger partial charge in [-0.1, -0.05) is 0 Å². The summed E-state index contributed by atoms with van der Waals surface area (Å²) in [4.78, 5) is 16.0. The standard InChI is InChI=1S/C18H26FIN2O2/c1-18(2,3)24-17(23)22-7-5-13(6-8-22)12-21(4)16-10-14(19)9-15(20)11-16/h9-11,13H,5-8,12H2,1-4H3. The lowest BCUT2D eigenvalue weighted by atomic mass is 9.96. The molecule has 6 heteroatoms. The third-order valence-electron chi connectivity index (χ3n) is 4.09. The van der Waals surface area contributed by atoms with E-state index in [0.29, 0.717) is 19.0 Å². The van der Waals surface area contributed by atoms with Crippen molar-refractivity contribution >= 4 is 34.4 Å². The highest BCUT2D eigenvalue weighted by Gasteiger charge is 2.27. The molecule has 0 unspecified atom stereocenters. The Kier molecular flexibility index (Phi) is 6.33. The molecule has 1 fully saturated rings. The van der Waals surface area contributed by atoms with Crippen molar-refractivity contribution < 1.29 is 13.9 Å². The van der Waals surface area contributed by atoms with E-state index in [2.05, 4.69) is 27.5 Å². The van der Waals surface area contributed by atoms with Crippen LogP contribution in [0.15, 0.2) is 18.2 Å². The van der Waals surface area contributed by atoms with Crippen LogP contribution in [0, 0.1) is 15.3 Å². The van der Waals surface area contributed by atoms with Crippen LogP contribution >= 0.6 is 22.6 Å². The summed E-state index contributed by atoms with van der Waals surface area (Å²) >= 11 is 2.13. The van der Waals surface area contributed by atoms with Gasteiger partial charge in [0.05, 0.1) is 0 Å². The second-order valence-electron chi connectivity index (χ2n) is 7.42. The summed E-state index contributed by atoms with van der Waals surface area (Å²) in [6.07, 6.45) is 1.65. The number of likely N-dealkylation sites (tertiary alicyclic amines) is 1. The molecule has 0 N–H and O–H groups in total. The van der Waals surface area contributed by atoms with Gasteiger partial charge in [-0.3, -0.25) is 0 Å². The van der Waals surface area contributed by atoms with Crippen LogP contribution in [-0.2, 0) is 4.74 Å². The van der Waals surface area contributed by atoms with Gasteiger partial charge in [0.15, 0.2) is 0 Å². The van der Waals surface area contributed by atoms with E-state index >= 15 is 0 Å². The van der Waals surface area contributed by atoms with Crippen molar-refractivity contribution in [2.45, 2.75) is 39.2 Å². The zero-order valence-corrected chi connectivity index (χ0v) is 17.0. The van der Waals surface area contributed by atoms with Gasteiger partial charge in [0, 0.05) is 35.9 Å². The van der Waals surface area contributed by atoms with Crippen molar-refractivity contribution in [1.82, 2.24) is 4.90 Å². The van der Waals surface area contributed by atoms with Gasteiger partial charge < -0.3 is 14.5 Å². The minimum absolute atomic E-state index is 0.205. The van der Waals surface area contributed by atoms with Crippen LogP contribution in [0.3, 0.4) is 0 Å². The Bertz CT molecular complexity index is 561. The van der Waals surface area contributed by atoms with Gasteiger partial charge in [0.1, 0.15) is 11.4 Å². The third kappa shape index (κ3) is 5.79. The molecule has 0 bridgehead atoms. The number of hydrogen-bond donors (Lipinski definition) is 0. The number of anilines is 1. The largest absolute Gasteiger partial charge is 0.444 e. The number of ether oxygens (including phenoxy) is 1. The fourth-order valence-corrected chi connectivity index (χ4v) is 3.49. The minimum atomic E-state index is -0.456. The molecule has 1 saturated heterocycles. The van der Waals surface area contributed by atoms with Gasteiger partial charge in [-0.15, -0.1) is 0 Å². The predicted octanol–water partition coefficient (Wildman–Crippen LogP) is 4.51. The molecular weight excluding hydrogens is 422 g/mol. The van der Waals surface area contributed by atoms with E-state index in [4.69, 9.17) is 4.74 Å². The maximum Gasteiger partial charge on any atom is 0.410 e. The Labute approximate surface area is 157 Å². The predicted molar refractivity (Wildman–Crippen MR) is 103 cm³/mol. The summed E-state index contributed by atoms with van der Waals surface area (Å²) in [6.45, 7) is 7.94. The number of carbonyl (C=O) groups excluding carboxylic acids is 1. The van der Waals surface area contributed by atoms with Crippen molar-refractivity contribution in [2.75, 3.05) is 31.6 Å². The normalized spacial score (nSPS) is 16.2. The Hall–Kier alpha value is -1.05. The van der Waals surface area contributed by atoms with Crippen LogP contribution in [-0.4, -0.2) is 43.3 Å². The number of halogens is 2. The van der Waals surface area contributed by atoms with Crippen molar-refractivity contribution in [1.29, 1.82) is 0 Å². The summed E-state index contributed by atoms with van der Waals surface area (Å²) in [6, 6.07) is 5.08. The minimum Gasteiger partial charge on any atom is -0.444 e. The van der Waals surface area contributed by atoms with Gasteiger partial charge in [-0.25, -0.2) is 9.18 Å². The lowest BCUT2D eigenvalue weighted by Gasteiger charge is -2.35. The Balaban J connectivity index is 1.85. The highest BCUT2D eigenvalue weighted by Crippen LogP contribution is 2.24. The van der Waals surface area contributed by atoms with Crippen LogP contribution in [0.5, 0.6) is 0 Å². The number of carbonyl (C=O) groups is 1. The number of amides is 1. The average Bonchev–Trinajstić information content (AvgIpc) is 2.45. The summed E-state index contributed by atoms with van der Waals surface area (Å²) in [5.74, 6) is 0.290. The zero-order chi connectivity index (χ0) is 17.9. The Morgan fingerprint density at radius 3 is 2.50 bits per heavy atom. The molecule has 1 aromatic carbocycles. The maximum atomic E-state index is 13.6. The van der Waals surface area contributed by atoms with Crippen molar-refractivity contribution in [3.8, 4) is 0 Å². The molecule has 0 saturated carbocycles.